The molecule has 25 heavy (non-hydrogen) atoms. The molecule has 0 spiro atoms. The number of anilines is 1. The zero-order chi connectivity index (χ0) is 17.7. The van der Waals surface area contributed by atoms with E-state index < -0.39 is 0 Å². The molecular formula is C18H16ClN3O2S. The number of aryl methyl sites for hydroxylation is 3. The van der Waals surface area contributed by atoms with E-state index in [1.807, 2.05) is 19.9 Å². The molecule has 2 aromatic heterocycles. The lowest BCUT2D eigenvalue weighted by molar-refractivity contribution is 0.103. The van der Waals surface area contributed by atoms with E-state index in [9.17, 15) is 9.59 Å². The topological polar surface area (TPSA) is 64.0 Å². The van der Waals surface area contributed by atoms with Crippen LogP contribution in [0.15, 0.2) is 23.0 Å². The molecule has 4 rings (SSSR count). The summed E-state index contributed by atoms with van der Waals surface area (Å²) in [6, 6.07) is 5.36. The minimum Gasteiger partial charge on any atom is -0.321 e. The largest absolute Gasteiger partial charge is 0.321 e. The maximum atomic E-state index is 12.8. The molecule has 1 aromatic carbocycles. The van der Waals surface area contributed by atoms with Gasteiger partial charge in [-0.05, 0) is 43.5 Å². The number of benzene rings is 1. The predicted molar refractivity (Wildman–Crippen MR) is 101 cm³/mol. The fraction of sp³-hybridized carbons (Fsp3) is 0.278. The number of carbonyl (C=O) groups excluding carboxylic acids is 1. The maximum absolute atomic E-state index is 12.8. The zero-order valence-corrected chi connectivity index (χ0v) is 15.4. The monoisotopic (exact) mass is 373 g/mol. The van der Waals surface area contributed by atoms with Crippen LogP contribution < -0.4 is 10.9 Å². The molecule has 0 bridgehead atoms. The molecule has 0 fully saturated rings. The number of hydrogen-bond donors (Lipinski definition) is 1. The Labute approximate surface area is 153 Å². The third kappa shape index (κ3) is 2.65. The van der Waals surface area contributed by atoms with Crippen molar-refractivity contribution in [1.29, 1.82) is 0 Å². The lowest BCUT2D eigenvalue weighted by Gasteiger charge is -2.08. The van der Waals surface area contributed by atoms with Crippen molar-refractivity contribution in [1.82, 2.24) is 9.55 Å². The molecule has 0 saturated heterocycles. The number of rotatable bonds is 2. The molecule has 128 valence electrons. The second-order valence-corrected chi connectivity index (χ2v) is 7.67. The van der Waals surface area contributed by atoms with Crippen LogP contribution in [0.5, 0.6) is 0 Å². The van der Waals surface area contributed by atoms with E-state index in [0.717, 1.165) is 24.2 Å². The summed E-state index contributed by atoms with van der Waals surface area (Å²) < 4.78 is 1.73. The summed E-state index contributed by atoms with van der Waals surface area (Å²) in [5.74, 6) is 0.576. The summed E-state index contributed by atoms with van der Waals surface area (Å²) in [6.45, 7) is 4.42. The van der Waals surface area contributed by atoms with Gasteiger partial charge in [0.2, 0.25) is 0 Å². The van der Waals surface area contributed by atoms with E-state index in [2.05, 4.69) is 10.3 Å². The first-order valence-corrected chi connectivity index (χ1v) is 9.25. The average molecular weight is 374 g/mol. The number of amides is 1. The lowest BCUT2D eigenvalue weighted by Crippen LogP contribution is -2.20. The van der Waals surface area contributed by atoms with Gasteiger partial charge in [0.1, 0.15) is 10.7 Å². The van der Waals surface area contributed by atoms with Crippen LogP contribution in [-0.4, -0.2) is 15.5 Å². The molecule has 5 nitrogen and oxygen atoms in total. The van der Waals surface area contributed by atoms with Gasteiger partial charge in [0.25, 0.3) is 11.5 Å². The van der Waals surface area contributed by atoms with E-state index in [-0.39, 0.29) is 11.5 Å². The zero-order valence-electron chi connectivity index (χ0n) is 13.9. The Morgan fingerprint density at radius 3 is 2.96 bits per heavy atom. The first-order valence-electron chi connectivity index (χ1n) is 8.06. The molecule has 0 saturated carbocycles. The summed E-state index contributed by atoms with van der Waals surface area (Å²) in [7, 11) is 0. The molecule has 1 N–H and O–H groups in total. The molecule has 1 amide bonds. The van der Waals surface area contributed by atoms with E-state index in [1.54, 1.807) is 16.7 Å². The van der Waals surface area contributed by atoms with Gasteiger partial charge in [-0.2, -0.15) is 0 Å². The maximum Gasteiger partial charge on any atom is 0.266 e. The van der Waals surface area contributed by atoms with Crippen molar-refractivity contribution in [2.24, 2.45) is 0 Å². The summed E-state index contributed by atoms with van der Waals surface area (Å²) >= 11 is 7.29. The number of halogens is 1. The van der Waals surface area contributed by atoms with Crippen LogP contribution in [0.4, 0.5) is 5.69 Å². The van der Waals surface area contributed by atoms with E-state index in [4.69, 9.17) is 11.6 Å². The Morgan fingerprint density at radius 2 is 2.16 bits per heavy atom. The standard InChI is InChI=1S/C18H16ClN3O2S/c1-9-5-6-11(19)8-12(9)20-16(23)15-10(2)14-17(25-15)21-13-4-3-7-22(13)18(14)24/h5-6,8H,3-4,7H2,1-2H3,(H,20,23). The van der Waals surface area contributed by atoms with Gasteiger partial charge >= 0.3 is 0 Å². The van der Waals surface area contributed by atoms with Gasteiger partial charge in [0.05, 0.1) is 10.3 Å². The normalized spacial score (nSPS) is 13.2. The molecule has 0 aliphatic carbocycles. The quantitative estimate of drug-likeness (QED) is 0.740. The highest BCUT2D eigenvalue weighted by Crippen LogP contribution is 2.30. The number of fused-ring (bicyclic) bond motifs is 2. The van der Waals surface area contributed by atoms with Crippen molar-refractivity contribution in [3.63, 3.8) is 0 Å². The van der Waals surface area contributed by atoms with Gasteiger partial charge in [0.15, 0.2) is 0 Å². The van der Waals surface area contributed by atoms with Crippen LogP contribution in [0, 0.1) is 13.8 Å². The smallest absolute Gasteiger partial charge is 0.266 e. The molecule has 0 atom stereocenters. The van der Waals surface area contributed by atoms with E-state index >= 15 is 0 Å². The molecule has 1 aliphatic rings. The minimum absolute atomic E-state index is 0.0377. The molecule has 3 aromatic rings. The summed E-state index contributed by atoms with van der Waals surface area (Å²) in [5, 5.41) is 4.02. The SMILES string of the molecule is Cc1ccc(Cl)cc1NC(=O)c1sc2nc3n(c(=O)c2c1C)CCC3. The number of nitrogens with one attached hydrogen (secondary N) is 1. The van der Waals surface area contributed by atoms with Crippen molar-refractivity contribution in [3.8, 4) is 0 Å². The Hall–Kier alpha value is -2.18. The van der Waals surface area contributed by atoms with Gasteiger partial charge in [-0.25, -0.2) is 4.98 Å². The summed E-state index contributed by atoms with van der Waals surface area (Å²) in [5.41, 5.74) is 2.25. The molecule has 3 heterocycles. The molecular weight excluding hydrogens is 358 g/mol. The molecule has 0 radical (unpaired) electrons. The fourth-order valence-electron chi connectivity index (χ4n) is 3.20. The van der Waals surface area contributed by atoms with Gasteiger partial charge < -0.3 is 5.32 Å². The van der Waals surface area contributed by atoms with Crippen molar-refractivity contribution >= 4 is 44.7 Å². The number of aromatic nitrogens is 2. The Balaban J connectivity index is 1.78. The van der Waals surface area contributed by atoms with E-state index in [1.165, 1.54) is 11.3 Å². The molecule has 7 heteroatoms. The number of carbonyl (C=O) groups is 1. The highest BCUT2D eigenvalue weighted by molar-refractivity contribution is 7.20. The van der Waals surface area contributed by atoms with Crippen LogP contribution in [-0.2, 0) is 13.0 Å². The molecule has 0 unspecified atom stereocenters. The van der Waals surface area contributed by atoms with Crippen LogP contribution >= 0.6 is 22.9 Å². The van der Waals surface area contributed by atoms with Crippen molar-refractivity contribution in [2.75, 3.05) is 5.32 Å². The van der Waals surface area contributed by atoms with Gasteiger partial charge in [-0.15, -0.1) is 11.3 Å². The van der Waals surface area contributed by atoms with Crippen LogP contribution in [0.1, 0.15) is 33.0 Å². The lowest BCUT2D eigenvalue weighted by atomic mass is 10.1. The third-order valence-electron chi connectivity index (χ3n) is 4.57. The third-order valence-corrected chi connectivity index (χ3v) is 5.99. The first kappa shape index (κ1) is 16.3. The summed E-state index contributed by atoms with van der Waals surface area (Å²) in [4.78, 5) is 31.2. The van der Waals surface area contributed by atoms with Crippen molar-refractivity contribution in [2.45, 2.75) is 33.2 Å². The number of thiophene rings is 1. The van der Waals surface area contributed by atoms with Crippen molar-refractivity contribution < 1.29 is 4.79 Å². The van der Waals surface area contributed by atoms with Crippen LogP contribution in [0.25, 0.3) is 10.2 Å². The minimum atomic E-state index is -0.240. The highest BCUT2D eigenvalue weighted by atomic mass is 35.5. The Bertz CT molecular complexity index is 1080. The van der Waals surface area contributed by atoms with Gasteiger partial charge in [0, 0.05) is 23.7 Å². The van der Waals surface area contributed by atoms with Gasteiger partial charge in [-0.3, -0.25) is 14.2 Å². The van der Waals surface area contributed by atoms with Gasteiger partial charge in [-0.1, -0.05) is 17.7 Å². The average Bonchev–Trinajstić information content (AvgIpc) is 3.16. The fourth-order valence-corrected chi connectivity index (χ4v) is 4.46. The van der Waals surface area contributed by atoms with Crippen molar-refractivity contribution in [3.05, 3.63) is 55.4 Å². The first-order chi connectivity index (χ1) is 12.0. The Kier molecular flexibility index (Phi) is 3.89. The van der Waals surface area contributed by atoms with Crippen LogP contribution in [0.2, 0.25) is 5.02 Å². The molecule has 1 aliphatic heterocycles. The highest BCUT2D eigenvalue weighted by Gasteiger charge is 2.23. The van der Waals surface area contributed by atoms with E-state index in [0.29, 0.717) is 37.9 Å². The second-order valence-electron chi connectivity index (χ2n) is 6.24. The number of nitrogens with zero attached hydrogens (tertiary/aromatic N) is 2. The second kappa shape index (κ2) is 5.97. The predicted octanol–water partition coefficient (Wildman–Crippen LogP) is 3.93. The summed E-state index contributed by atoms with van der Waals surface area (Å²) in [6.07, 6.45) is 1.76. The number of hydrogen-bond acceptors (Lipinski definition) is 4. The van der Waals surface area contributed by atoms with Crippen LogP contribution in [0.3, 0.4) is 0 Å². The Morgan fingerprint density at radius 1 is 1.36 bits per heavy atom.